The minimum absolute atomic E-state index is 0.0932. The Morgan fingerprint density at radius 2 is 1.62 bits per heavy atom. The van der Waals surface area contributed by atoms with Crippen LogP contribution in [-0.2, 0) is 13.0 Å². The number of rotatable bonds is 4. The van der Waals surface area contributed by atoms with Crippen LogP contribution in [0.25, 0.3) is 0 Å². The van der Waals surface area contributed by atoms with Crippen LogP contribution in [0.15, 0.2) is 36.4 Å². The van der Waals surface area contributed by atoms with Gasteiger partial charge >= 0.3 is 0 Å². The molecule has 2 rings (SSSR count). The number of nitrogens with two attached hydrogens (primary N) is 1. The van der Waals surface area contributed by atoms with Gasteiger partial charge in [0.25, 0.3) is 5.91 Å². The minimum Gasteiger partial charge on any atom is -0.394 e. The van der Waals surface area contributed by atoms with Crippen LogP contribution in [0.2, 0.25) is 0 Å². The molecule has 110 valence electrons. The highest BCUT2D eigenvalue weighted by atomic mass is 19.1. The third-order valence-corrected chi connectivity index (χ3v) is 3.23. The lowest BCUT2D eigenvalue weighted by molar-refractivity contribution is 0.0950. The Balaban J connectivity index is 2.04. The topological polar surface area (TPSA) is 55.1 Å². The maximum Gasteiger partial charge on any atom is 0.251 e. The lowest BCUT2D eigenvalue weighted by Gasteiger charge is -2.07. The van der Waals surface area contributed by atoms with Gasteiger partial charge in [-0.2, -0.15) is 0 Å². The van der Waals surface area contributed by atoms with E-state index in [2.05, 4.69) is 12.2 Å². The second-order valence-corrected chi connectivity index (χ2v) is 4.71. The zero-order chi connectivity index (χ0) is 15.4. The van der Waals surface area contributed by atoms with Gasteiger partial charge in [0.2, 0.25) is 0 Å². The molecule has 3 N–H and O–H groups in total. The molecule has 21 heavy (non-hydrogen) atoms. The molecule has 0 unspecified atom stereocenters. The van der Waals surface area contributed by atoms with Gasteiger partial charge in [0, 0.05) is 12.1 Å². The van der Waals surface area contributed by atoms with Gasteiger partial charge in [0.15, 0.2) is 0 Å². The molecule has 0 radical (unpaired) electrons. The van der Waals surface area contributed by atoms with Crippen LogP contribution < -0.4 is 11.1 Å². The van der Waals surface area contributed by atoms with Gasteiger partial charge in [-0.3, -0.25) is 4.79 Å². The van der Waals surface area contributed by atoms with Crippen molar-refractivity contribution in [2.75, 3.05) is 5.73 Å². The summed E-state index contributed by atoms with van der Waals surface area (Å²) in [5, 5.41) is 2.61. The van der Waals surface area contributed by atoms with Crippen LogP contribution in [-0.4, -0.2) is 5.91 Å². The SMILES string of the molecule is CCc1ccc(CNC(=O)c2cc(F)c(N)c(F)c2)cc1. The van der Waals surface area contributed by atoms with Crippen molar-refractivity contribution < 1.29 is 13.6 Å². The molecule has 2 aromatic carbocycles. The highest BCUT2D eigenvalue weighted by Gasteiger charge is 2.12. The van der Waals surface area contributed by atoms with Crippen LogP contribution in [0.5, 0.6) is 0 Å². The highest BCUT2D eigenvalue weighted by Crippen LogP contribution is 2.17. The Morgan fingerprint density at radius 1 is 1.10 bits per heavy atom. The predicted molar refractivity (Wildman–Crippen MR) is 77.8 cm³/mol. The second-order valence-electron chi connectivity index (χ2n) is 4.71. The van der Waals surface area contributed by atoms with Crippen molar-refractivity contribution in [2.45, 2.75) is 19.9 Å². The molecule has 0 aliphatic rings. The van der Waals surface area contributed by atoms with Crippen molar-refractivity contribution in [2.24, 2.45) is 0 Å². The van der Waals surface area contributed by atoms with Crippen molar-refractivity contribution in [3.8, 4) is 0 Å². The van der Waals surface area contributed by atoms with Crippen LogP contribution in [0.1, 0.15) is 28.4 Å². The number of nitrogens with one attached hydrogen (secondary N) is 1. The van der Waals surface area contributed by atoms with E-state index in [0.717, 1.165) is 24.1 Å². The summed E-state index contributed by atoms with van der Waals surface area (Å²) in [7, 11) is 0. The standard InChI is InChI=1S/C16H16F2N2O/c1-2-10-3-5-11(6-4-10)9-20-16(21)12-7-13(17)15(19)14(18)8-12/h3-8H,2,9,19H2,1H3,(H,20,21). The molecule has 3 nitrogen and oxygen atoms in total. The highest BCUT2D eigenvalue weighted by molar-refractivity contribution is 5.94. The summed E-state index contributed by atoms with van der Waals surface area (Å²) in [6, 6.07) is 9.61. The van der Waals surface area contributed by atoms with Gasteiger partial charge in [0.05, 0.1) is 0 Å². The van der Waals surface area contributed by atoms with Gasteiger partial charge in [0.1, 0.15) is 17.3 Å². The maximum absolute atomic E-state index is 13.3. The Hall–Kier alpha value is -2.43. The molecule has 0 saturated carbocycles. The number of carbonyl (C=O) groups is 1. The van der Waals surface area contributed by atoms with E-state index in [9.17, 15) is 13.6 Å². The lowest BCUT2D eigenvalue weighted by Crippen LogP contribution is -2.23. The normalized spacial score (nSPS) is 10.4. The van der Waals surface area contributed by atoms with E-state index in [0.29, 0.717) is 0 Å². The van der Waals surface area contributed by atoms with E-state index in [1.54, 1.807) is 0 Å². The van der Waals surface area contributed by atoms with Crippen molar-refractivity contribution in [1.82, 2.24) is 5.32 Å². The lowest BCUT2D eigenvalue weighted by atomic mass is 10.1. The molecular weight excluding hydrogens is 274 g/mol. The van der Waals surface area contributed by atoms with Crippen molar-refractivity contribution in [3.63, 3.8) is 0 Å². The largest absolute Gasteiger partial charge is 0.394 e. The predicted octanol–water partition coefficient (Wildman–Crippen LogP) is 3.04. The Labute approximate surface area is 121 Å². The van der Waals surface area contributed by atoms with Gasteiger partial charge < -0.3 is 11.1 Å². The monoisotopic (exact) mass is 290 g/mol. The number of benzene rings is 2. The van der Waals surface area contributed by atoms with Crippen LogP contribution >= 0.6 is 0 Å². The molecule has 2 aromatic rings. The molecule has 5 heteroatoms. The number of amides is 1. The fourth-order valence-corrected chi connectivity index (χ4v) is 1.89. The number of carbonyl (C=O) groups excluding carboxylic acids is 1. The van der Waals surface area contributed by atoms with Gasteiger partial charge in [-0.05, 0) is 29.7 Å². The quantitative estimate of drug-likeness (QED) is 0.850. The first-order valence-electron chi connectivity index (χ1n) is 6.61. The molecular formula is C16H16F2N2O. The van der Waals surface area contributed by atoms with Gasteiger partial charge in [-0.15, -0.1) is 0 Å². The fraction of sp³-hybridized carbons (Fsp3) is 0.188. The first-order chi connectivity index (χ1) is 10.0. The number of halogens is 2. The molecule has 0 heterocycles. The molecule has 0 bridgehead atoms. The number of hydrogen-bond donors (Lipinski definition) is 2. The zero-order valence-corrected chi connectivity index (χ0v) is 11.6. The van der Waals surface area contributed by atoms with Crippen LogP contribution in [0.4, 0.5) is 14.5 Å². The van der Waals surface area contributed by atoms with E-state index >= 15 is 0 Å². The molecule has 0 spiro atoms. The molecule has 0 aliphatic heterocycles. The summed E-state index contributed by atoms with van der Waals surface area (Å²) < 4.78 is 26.6. The first-order valence-corrected chi connectivity index (χ1v) is 6.61. The summed E-state index contributed by atoms with van der Waals surface area (Å²) in [5.41, 5.74) is 6.60. The number of hydrogen-bond acceptors (Lipinski definition) is 2. The Kier molecular flexibility index (Phi) is 4.52. The van der Waals surface area contributed by atoms with E-state index in [1.165, 1.54) is 5.56 Å². The molecule has 0 aromatic heterocycles. The van der Waals surface area contributed by atoms with Crippen LogP contribution in [0.3, 0.4) is 0 Å². The molecule has 0 saturated heterocycles. The molecule has 0 aliphatic carbocycles. The molecule has 0 atom stereocenters. The summed E-state index contributed by atoms with van der Waals surface area (Å²) in [6.07, 6.45) is 0.941. The fourth-order valence-electron chi connectivity index (χ4n) is 1.89. The van der Waals surface area contributed by atoms with Crippen molar-refractivity contribution in [1.29, 1.82) is 0 Å². The maximum atomic E-state index is 13.3. The third-order valence-electron chi connectivity index (χ3n) is 3.23. The summed E-state index contributed by atoms with van der Waals surface area (Å²) in [6.45, 7) is 2.34. The number of anilines is 1. The van der Waals surface area contributed by atoms with Crippen LogP contribution in [0, 0.1) is 11.6 Å². The zero-order valence-electron chi connectivity index (χ0n) is 11.6. The first kappa shape index (κ1) is 15.0. The number of nitrogen functional groups attached to an aromatic ring is 1. The third kappa shape index (κ3) is 3.56. The average Bonchev–Trinajstić information content (AvgIpc) is 2.50. The van der Waals surface area contributed by atoms with E-state index in [-0.39, 0.29) is 12.1 Å². The van der Waals surface area contributed by atoms with Gasteiger partial charge in [-0.1, -0.05) is 31.2 Å². The van der Waals surface area contributed by atoms with E-state index in [1.807, 2.05) is 24.3 Å². The molecule has 0 fully saturated rings. The summed E-state index contributed by atoms with van der Waals surface area (Å²) in [4.78, 5) is 11.9. The summed E-state index contributed by atoms with van der Waals surface area (Å²) in [5.74, 6) is -2.42. The summed E-state index contributed by atoms with van der Waals surface area (Å²) >= 11 is 0. The molecule has 1 amide bonds. The smallest absolute Gasteiger partial charge is 0.251 e. The Morgan fingerprint density at radius 3 is 2.14 bits per heavy atom. The minimum atomic E-state index is -0.938. The van der Waals surface area contributed by atoms with Gasteiger partial charge in [-0.25, -0.2) is 8.78 Å². The Bertz CT molecular complexity index is 631. The van der Waals surface area contributed by atoms with E-state index < -0.39 is 23.2 Å². The average molecular weight is 290 g/mol. The van der Waals surface area contributed by atoms with E-state index in [4.69, 9.17) is 5.73 Å². The van der Waals surface area contributed by atoms with Crippen molar-refractivity contribution in [3.05, 3.63) is 64.7 Å². The van der Waals surface area contributed by atoms with Crippen molar-refractivity contribution >= 4 is 11.6 Å². The second kappa shape index (κ2) is 6.35. The number of aryl methyl sites for hydroxylation is 1.